The molecule has 0 bridgehead atoms. The standard InChI is InChI=1S/C13H10F2N2O3S/c14-10-3-1-9(2-4-10)13(18)16-17-21(19,20)12-7-5-11(15)6-8-12/h1-8,17H,(H,16,18). The van der Waals surface area contributed by atoms with Crippen LogP contribution in [0.15, 0.2) is 53.4 Å². The molecule has 5 nitrogen and oxygen atoms in total. The third kappa shape index (κ3) is 3.83. The van der Waals surface area contributed by atoms with Gasteiger partial charge in [-0.1, -0.05) is 0 Å². The molecule has 110 valence electrons. The third-order valence-electron chi connectivity index (χ3n) is 2.53. The van der Waals surface area contributed by atoms with Crippen LogP contribution in [0.3, 0.4) is 0 Å². The zero-order chi connectivity index (χ0) is 15.5. The summed E-state index contributed by atoms with van der Waals surface area (Å²) in [6, 6.07) is 8.64. The highest BCUT2D eigenvalue weighted by molar-refractivity contribution is 7.89. The van der Waals surface area contributed by atoms with Gasteiger partial charge in [-0.25, -0.2) is 17.2 Å². The van der Waals surface area contributed by atoms with Gasteiger partial charge in [-0.2, -0.15) is 0 Å². The molecular weight excluding hydrogens is 302 g/mol. The maximum Gasteiger partial charge on any atom is 0.266 e. The number of rotatable bonds is 4. The van der Waals surface area contributed by atoms with Gasteiger partial charge in [-0.15, -0.1) is 4.83 Å². The third-order valence-corrected chi connectivity index (χ3v) is 3.79. The van der Waals surface area contributed by atoms with E-state index in [2.05, 4.69) is 0 Å². The lowest BCUT2D eigenvalue weighted by Gasteiger charge is -2.08. The average molecular weight is 312 g/mol. The fraction of sp³-hybridized carbons (Fsp3) is 0. The molecule has 2 rings (SSSR count). The van der Waals surface area contributed by atoms with E-state index in [1.54, 1.807) is 0 Å². The fourth-order valence-corrected chi connectivity index (χ4v) is 2.30. The van der Waals surface area contributed by atoms with E-state index in [1.165, 1.54) is 12.1 Å². The molecule has 1 amide bonds. The highest BCUT2D eigenvalue weighted by Gasteiger charge is 2.15. The van der Waals surface area contributed by atoms with E-state index >= 15 is 0 Å². The lowest BCUT2D eigenvalue weighted by Crippen LogP contribution is -2.41. The van der Waals surface area contributed by atoms with Crippen molar-refractivity contribution in [3.63, 3.8) is 0 Å². The Hall–Kier alpha value is -2.32. The SMILES string of the molecule is O=C(NNS(=O)(=O)c1ccc(F)cc1)c1ccc(F)cc1. The van der Waals surface area contributed by atoms with Crippen LogP contribution in [0.4, 0.5) is 8.78 Å². The Morgan fingerprint density at radius 2 is 1.33 bits per heavy atom. The minimum atomic E-state index is -4.01. The molecule has 0 radical (unpaired) electrons. The molecule has 0 aliphatic rings. The Bertz CT molecular complexity index is 744. The predicted molar refractivity (Wildman–Crippen MR) is 70.6 cm³/mol. The zero-order valence-electron chi connectivity index (χ0n) is 10.5. The summed E-state index contributed by atoms with van der Waals surface area (Å²) < 4.78 is 49.1. The topological polar surface area (TPSA) is 75.3 Å². The highest BCUT2D eigenvalue weighted by atomic mass is 32.2. The molecule has 8 heteroatoms. The first-order chi connectivity index (χ1) is 9.88. The van der Waals surface area contributed by atoms with Crippen LogP contribution in [-0.2, 0) is 10.0 Å². The molecular formula is C13H10F2N2O3S. The van der Waals surface area contributed by atoms with Gasteiger partial charge in [0.25, 0.3) is 15.9 Å². The summed E-state index contributed by atoms with van der Waals surface area (Å²) in [6.07, 6.45) is 0. The highest BCUT2D eigenvalue weighted by Crippen LogP contribution is 2.09. The molecule has 2 N–H and O–H groups in total. The van der Waals surface area contributed by atoms with Gasteiger partial charge < -0.3 is 0 Å². The Morgan fingerprint density at radius 3 is 1.86 bits per heavy atom. The smallest absolute Gasteiger partial charge is 0.266 e. The van der Waals surface area contributed by atoms with Crippen molar-refractivity contribution in [2.75, 3.05) is 0 Å². The lowest BCUT2D eigenvalue weighted by molar-refractivity contribution is 0.0945. The van der Waals surface area contributed by atoms with Crippen molar-refractivity contribution in [3.8, 4) is 0 Å². The van der Waals surface area contributed by atoms with E-state index in [-0.39, 0.29) is 10.5 Å². The summed E-state index contributed by atoms with van der Waals surface area (Å²) in [7, 11) is -4.01. The minimum absolute atomic E-state index is 0.0817. The maximum absolute atomic E-state index is 12.7. The predicted octanol–water partition coefficient (Wildman–Crippen LogP) is 1.59. The Kier molecular flexibility index (Phi) is 4.29. The van der Waals surface area contributed by atoms with Gasteiger partial charge in [0.2, 0.25) is 0 Å². The van der Waals surface area contributed by atoms with E-state index in [9.17, 15) is 22.0 Å². The van der Waals surface area contributed by atoms with Crippen LogP contribution in [0.1, 0.15) is 10.4 Å². The second kappa shape index (κ2) is 5.98. The minimum Gasteiger partial charge on any atom is -0.273 e. The summed E-state index contributed by atoms with van der Waals surface area (Å²) in [4.78, 5) is 13.3. The molecule has 0 atom stereocenters. The molecule has 21 heavy (non-hydrogen) atoms. The van der Waals surface area contributed by atoms with Gasteiger partial charge in [0.1, 0.15) is 11.6 Å². The Balaban J connectivity index is 2.06. The van der Waals surface area contributed by atoms with Gasteiger partial charge in [0.15, 0.2) is 0 Å². The summed E-state index contributed by atoms with van der Waals surface area (Å²) in [5.41, 5.74) is 2.06. The zero-order valence-corrected chi connectivity index (χ0v) is 11.3. The first-order valence-electron chi connectivity index (χ1n) is 5.72. The number of halogens is 2. The second-order valence-electron chi connectivity index (χ2n) is 4.02. The fourth-order valence-electron chi connectivity index (χ4n) is 1.46. The van der Waals surface area contributed by atoms with Gasteiger partial charge in [-0.05, 0) is 48.5 Å². The molecule has 0 saturated carbocycles. The number of carbonyl (C=O) groups excluding carboxylic acids is 1. The molecule has 2 aromatic carbocycles. The van der Waals surface area contributed by atoms with E-state index < -0.39 is 27.6 Å². The van der Waals surface area contributed by atoms with Crippen LogP contribution in [0, 0.1) is 11.6 Å². The van der Waals surface area contributed by atoms with Gasteiger partial charge in [0.05, 0.1) is 4.90 Å². The average Bonchev–Trinajstić information content (AvgIpc) is 2.46. The first-order valence-corrected chi connectivity index (χ1v) is 7.20. The number of hydrazine groups is 1. The van der Waals surface area contributed by atoms with Crippen LogP contribution in [0.5, 0.6) is 0 Å². The number of nitrogens with one attached hydrogen (secondary N) is 2. The monoisotopic (exact) mass is 312 g/mol. The second-order valence-corrected chi connectivity index (χ2v) is 5.70. The van der Waals surface area contributed by atoms with Crippen LogP contribution >= 0.6 is 0 Å². The maximum atomic E-state index is 12.7. The van der Waals surface area contributed by atoms with Gasteiger partial charge >= 0.3 is 0 Å². The lowest BCUT2D eigenvalue weighted by atomic mass is 10.2. The van der Waals surface area contributed by atoms with Crippen LogP contribution in [0.25, 0.3) is 0 Å². The largest absolute Gasteiger partial charge is 0.273 e. The number of benzene rings is 2. The van der Waals surface area contributed by atoms with Gasteiger partial charge in [0, 0.05) is 5.56 Å². The molecule has 0 aromatic heterocycles. The van der Waals surface area contributed by atoms with E-state index in [0.29, 0.717) is 0 Å². The first kappa shape index (κ1) is 15.1. The molecule has 0 heterocycles. The van der Waals surface area contributed by atoms with Crippen LogP contribution in [-0.4, -0.2) is 14.3 Å². The molecule has 0 spiro atoms. The van der Waals surface area contributed by atoms with E-state index in [4.69, 9.17) is 0 Å². The molecule has 0 aliphatic heterocycles. The van der Waals surface area contributed by atoms with Crippen molar-refractivity contribution in [1.29, 1.82) is 0 Å². The van der Waals surface area contributed by atoms with Crippen molar-refractivity contribution < 1.29 is 22.0 Å². The normalized spacial score (nSPS) is 11.1. The van der Waals surface area contributed by atoms with Crippen molar-refractivity contribution in [2.45, 2.75) is 4.90 Å². The van der Waals surface area contributed by atoms with Gasteiger partial charge in [-0.3, -0.25) is 10.2 Å². The number of amides is 1. The molecule has 0 aliphatic carbocycles. The summed E-state index contributed by atoms with van der Waals surface area (Å²) >= 11 is 0. The molecule has 2 aromatic rings. The number of hydrogen-bond acceptors (Lipinski definition) is 3. The summed E-state index contributed by atoms with van der Waals surface area (Å²) in [5, 5.41) is 0. The van der Waals surface area contributed by atoms with Crippen LogP contribution in [0.2, 0.25) is 0 Å². The van der Waals surface area contributed by atoms with Crippen molar-refractivity contribution in [3.05, 3.63) is 65.7 Å². The van der Waals surface area contributed by atoms with E-state index in [1.807, 2.05) is 10.3 Å². The Morgan fingerprint density at radius 1 is 0.857 bits per heavy atom. The number of hydrogen-bond donors (Lipinski definition) is 2. The Labute approximate surface area is 119 Å². The number of carbonyl (C=O) groups is 1. The number of sulfonamides is 1. The summed E-state index contributed by atoms with van der Waals surface area (Å²) in [6.45, 7) is 0. The quantitative estimate of drug-likeness (QED) is 0.842. The molecule has 0 unspecified atom stereocenters. The van der Waals surface area contributed by atoms with Crippen molar-refractivity contribution >= 4 is 15.9 Å². The summed E-state index contributed by atoms with van der Waals surface area (Å²) in [5.74, 6) is -1.84. The van der Waals surface area contributed by atoms with Crippen LogP contribution < -0.4 is 10.3 Å². The van der Waals surface area contributed by atoms with Crippen molar-refractivity contribution in [1.82, 2.24) is 10.3 Å². The molecule has 0 saturated heterocycles. The van der Waals surface area contributed by atoms with E-state index in [0.717, 1.165) is 36.4 Å². The van der Waals surface area contributed by atoms with Crippen molar-refractivity contribution in [2.24, 2.45) is 0 Å². The molecule has 0 fully saturated rings.